The van der Waals surface area contributed by atoms with Gasteiger partial charge in [0.05, 0.1) is 14.2 Å². The Bertz CT molecular complexity index is 449. The van der Waals surface area contributed by atoms with E-state index in [4.69, 9.17) is 9.47 Å². The Balaban J connectivity index is 3.23. The molecule has 7 nitrogen and oxygen atoms in total. The van der Waals surface area contributed by atoms with Crippen LogP contribution in [0.4, 0.5) is 0 Å². The number of aliphatic imine (C=N–C) groups is 1. The number of hydrogen-bond acceptors (Lipinski definition) is 5. The summed E-state index contributed by atoms with van der Waals surface area (Å²) in [5, 5.41) is 0. The fourth-order valence-corrected chi connectivity index (χ4v) is 1.15. The number of amidine groups is 1. The zero-order chi connectivity index (χ0) is 13.7. The molecule has 1 rings (SSSR count). The lowest BCUT2D eigenvalue weighted by atomic mass is 10.3. The minimum Gasteiger partial charge on any atom is -0.480 e. The first-order chi connectivity index (χ1) is 8.51. The number of aromatic nitrogens is 2. The van der Waals surface area contributed by atoms with E-state index in [0.29, 0.717) is 5.84 Å². The van der Waals surface area contributed by atoms with Gasteiger partial charge in [0, 0.05) is 14.1 Å². The summed E-state index contributed by atoms with van der Waals surface area (Å²) < 4.78 is 10.0. The van der Waals surface area contributed by atoms with Crippen molar-refractivity contribution >= 4 is 11.7 Å². The monoisotopic (exact) mass is 252 g/mol. The lowest BCUT2D eigenvalue weighted by Gasteiger charge is -2.11. The van der Waals surface area contributed by atoms with E-state index >= 15 is 0 Å². The molecule has 1 amide bonds. The van der Waals surface area contributed by atoms with E-state index < -0.39 is 5.91 Å². The van der Waals surface area contributed by atoms with Gasteiger partial charge < -0.3 is 14.4 Å². The van der Waals surface area contributed by atoms with Gasteiger partial charge in [-0.1, -0.05) is 0 Å². The number of rotatable bonds is 3. The molecule has 0 N–H and O–H groups in total. The van der Waals surface area contributed by atoms with Crippen molar-refractivity contribution in [3.05, 3.63) is 11.9 Å². The Morgan fingerprint density at radius 3 is 2.11 bits per heavy atom. The minimum atomic E-state index is -0.504. The second-order valence-electron chi connectivity index (χ2n) is 3.63. The van der Waals surface area contributed by atoms with Crippen LogP contribution in [-0.2, 0) is 0 Å². The van der Waals surface area contributed by atoms with Crippen LogP contribution in [0.1, 0.15) is 17.3 Å². The molecule has 98 valence electrons. The number of carbonyl (C=O) groups excluding carboxylic acids is 1. The highest BCUT2D eigenvalue weighted by molar-refractivity contribution is 6.05. The summed E-state index contributed by atoms with van der Waals surface area (Å²) in [7, 11) is 6.42. The number of methoxy groups -OCH3 is 2. The molecule has 1 heterocycles. The highest BCUT2D eigenvalue weighted by Crippen LogP contribution is 2.24. The third-order valence-corrected chi connectivity index (χ3v) is 2.29. The topological polar surface area (TPSA) is 76.9 Å². The molecule has 0 aliphatic carbocycles. The Morgan fingerprint density at radius 2 is 1.72 bits per heavy atom. The van der Waals surface area contributed by atoms with E-state index in [-0.39, 0.29) is 17.3 Å². The van der Waals surface area contributed by atoms with Crippen LogP contribution in [0.25, 0.3) is 0 Å². The van der Waals surface area contributed by atoms with Crippen LogP contribution in [0.5, 0.6) is 11.8 Å². The van der Waals surface area contributed by atoms with Crippen LogP contribution in [0.2, 0.25) is 0 Å². The Labute approximate surface area is 105 Å². The molecule has 0 aromatic carbocycles. The summed E-state index contributed by atoms with van der Waals surface area (Å²) in [5.41, 5.74) is 0.115. The molecule has 1 aromatic heterocycles. The Kier molecular flexibility index (Phi) is 4.59. The van der Waals surface area contributed by atoms with Crippen molar-refractivity contribution in [2.75, 3.05) is 28.3 Å². The van der Waals surface area contributed by atoms with Crippen molar-refractivity contribution < 1.29 is 14.3 Å². The lowest BCUT2D eigenvalue weighted by Crippen LogP contribution is -2.20. The highest BCUT2D eigenvalue weighted by atomic mass is 16.5. The quantitative estimate of drug-likeness (QED) is 0.579. The van der Waals surface area contributed by atoms with Gasteiger partial charge in [0.25, 0.3) is 5.91 Å². The minimum absolute atomic E-state index is 0.115. The molecule has 7 heteroatoms. The molecule has 0 aliphatic heterocycles. The van der Waals surface area contributed by atoms with Crippen LogP contribution in [0.3, 0.4) is 0 Å². The molecule has 0 spiro atoms. The maximum Gasteiger partial charge on any atom is 0.289 e. The van der Waals surface area contributed by atoms with Gasteiger partial charge in [-0.3, -0.25) is 4.79 Å². The van der Waals surface area contributed by atoms with E-state index in [1.807, 2.05) is 0 Å². The predicted molar refractivity (Wildman–Crippen MR) is 66.3 cm³/mol. The van der Waals surface area contributed by atoms with Crippen molar-refractivity contribution in [2.45, 2.75) is 6.92 Å². The normalized spacial score (nSPS) is 11.1. The molecule has 0 fully saturated rings. The molecule has 0 radical (unpaired) electrons. The van der Waals surface area contributed by atoms with Gasteiger partial charge in [0.2, 0.25) is 11.8 Å². The van der Waals surface area contributed by atoms with Gasteiger partial charge >= 0.3 is 0 Å². The molecule has 0 bridgehead atoms. The third-order valence-electron chi connectivity index (χ3n) is 2.29. The first-order valence-corrected chi connectivity index (χ1v) is 5.21. The molecule has 0 aliphatic rings. The Hall–Kier alpha value is -2.18. The first kappa shape index (κ1) is 13.9. The number of ether oxygens (including phenoxy) is 2. The zero-order valence-corrected chi connectivity index (χ0v) is 11.1. The van der Waals surface area contributed by atoms with Gasteiger partial charge in [-0.15, -0.1) is 0 Å². The average Bonchev–Trinajstić information content (AvgIpc) is 2.37. The van der Waals surface area contributed by atoms with E-state index in [0.717, 1.165) is 0 Å². The molecule has 0 saturated carbocycles. The van der Waals surface area contributed by atoms with Crippen LogP contribution in [-0.4, -0.2) is 54.9 Å². The van der Waals surface area contributed by atoms with E-state index in [2.05, 4.69) is 15.0 Å². The third kappa shape index (κ3) is 2.93. The lowest BCUT2D eigenvalue weighted by molar-refractivity contribution is 0.0994. The highest BCUT2D eigenvalue weighted by Gasteiger charge is 2.20. The molecule has 0 saturated heterocycles. The van der Waals surface area contributed by atoms with Gasteiger partial charge in [-0.25, -0.2) is 9.97 Å². The van der Waals surface area contributed by atoms with E-state index in [9.17, 15) is 4.79 Å². The largest absolute Gasteiger partial charge is 0.480 e. The van der Waals surface area contributed by atoms with Crippen molar-refractivity contribution in [1.29, 1.82) is 0 Å². The molecule has 0 atom stereocenters. The van der Waals surface area contributed by atoms with Gasteiger partial charge in [-0.2, -0.15) is 4.99 Å². The van der Waals surface area contributed by atoms with E-state index in [1.54, 1.807) is 25.9 Å². The fraction of sp³-hybridized carbons (Fsp3) is 0.455. The van der Waals surface area contributed by atoms with Crippen molar-refractivity contribution in [1.82, 2.24) is 14.9 Å². The summed E-state index contributed by atoms with van der Waals surface area (Å²) in [5.74, 6) is 0.341. The molecule has 0 unspecified atom stereocenters. The van der Waals surface area contributed by atoms with E-state index in [1.165, 1.54) is 20.5 Å². The van der Waals surface area contributed by atoms with Crippen molar-refractivity contribution in [3.8, 4) is 11.8 Å². The van der Waals surface area contributed by atoms with Gasteiger partial charge in [0.15, 0.2) is 5.56 Å². The van der Waals surface area contributed by atoms with Crippen LogP contribution < -0.4 is 9.47 Å². The number of carbonyl (C=O) groups is 1. The summed E-state index contributed by atoms with van der Waals surface area (Å²) in [6.07, 6.45) is 1.26. The Morgan fingerprint density at radius 1 is 1.22 bits per heavy atom. The molecular weight excluding hydrogens is 236 g/mol. The second kappa shape index (κ2) is 5.95. The molecule has 18 heavy (non-hydrogen) atoms. The molecule has 1 aromatic rings. The zero-order valence-electron chi connectivity index (χ0n) is 11.1. The molecular formula is C11H16N4O3. The number of amides is 1. The van der Waals surface area contributed by atoms with Crippen LogP contribution in [0, 0.1) is 0 Å². The summed E-state index contributed by atoms with van der Waals surface area (Å²) >= 11 is 0. The fourth-order valence-electron chi connectivity index (χ4n) is 1.15. The first-order valence-electron chi connectivity index (χ1n) is 5.21. The van der Waals surface area contributed by atoms with Crippen LogP contribution in [0.15, 0.2) is 11.3 Å². The van der Waals surface area contributed by atoms with Gasteiger partial charge in [0.1, 0.15) is 12.2 Å². The smallest absolute Gasteiger partial charge is 0.289 e. The summed E-state index contributed by atoms with van der Waals surface area (Å²) in [4.78, 5) is 25.4. The maximum atomic E-state index is 12.1. The number of nitrogens with zero attached hydrogens (tertiary/aromatic N) is 4. The van der Waals surface area contributed by atoms with Crippen molar-refractivity contribution in [3.63, 3.8) is 0 Å². The van der Waals surface area contributed by atoms with Gasteiger partial charge in [-0.05, 0) is 6.92 Å². The standard InChI is InChI=1S/C11H16N4O3/c1-7(15(2)3)14-9(16)8-10(17-4)12-6-13-11(8)18-5/h6H,1-5H3/b14-7+. The predicted octanol–water partition coefficient (Wildman–Crippen LogP) is 0.614. The number of hydrogen-bond donors (Lipinski definition) is 0. The SMILES string of the molecule is COc1ncnc(OC)c1C(=O)/N=C(\C)N(C)C. The second-order valence-corrected chi connectivity index (χ2v) is 3.63. The maximum absolute atomic E-state index is 12.1. The summed E-state index contributed by atoms with van der Waals surface area (Å²) in [6.45, 7) is 1.72. The van der Waals surface area contributed by atoms with Crippen molar-refractivity contribution in [2.24, 2.45) is 4.99 Å². The van der Waals surface area contributed by atoms with Crippen LogP contribution >= 0.6 is 0 Å². The summed E-state index contributed by atoms with van der Waals surface area (Å²) in [6, 6.07) is 0. The average molecular weight is 252 g/mol.